The van der Waals surface area contributed by atoms with Crippen LogP contribution in [0.15, 0.2) is 0 Å². The van der Waals surface area contributed by atoms with Gasteiger partial charge in [0.15, 0.2) is 0 Å². The number of nitrogens with zero attached hydrogens (tertiary/aromatic N) is 1. The Morgan fingerprint density at radius 1 is 1.30 bits per heavy atom. The van der Waals surface area contributed by atoms with Crippen molar-refractivity contribution >= 4 is 29.1 Å². The maximum Gasteiger partial charge on any atom is 0.307 e. The molecule has 0 saturated heterocycles. The van der Waals surface area contributed by atoms with Crippen LogP contribution >= 0.6 is 12.2 Å². The van der Waals surface area contributed by atoms with Crippen molar-refractivity contribution in [2.45, 2.75) is 45.4 Å². The summed E-state index contributed by atoms with van der Waals surface area (Å²) < 4.78 is 4.86. The van der Waals surface area contributed by atoms with E-state index in [1.807, 2.05) is 0 Å². The molecule has 0 unspecified atom stereocenters. The highest BCUT2D eigenvalue weighted by atomic mass is 32.1. The SMILES string of the molecule is CCOC(=O)CCN(C)C(=O)C1(C(N)=S)CCCCC1. The fraction of sp³-hybridized carbons (Fsp3) is 0.786. The first kappa shape index (κ1) is 16.9. The first-order chi connectivity index (χ1) is 9.44. The van der Waals surface area contributed by atoms with E-state index in [1.165, 1.54) is 0 Å². The van der Waals surface area contributed by atoms with Crippen molar-refractivity contribution in [2.24, 2.45) is 11.1 Å². The van der Waals surface area contributed by atoms with Crippen LogP contribution in [-0.4, -0.2) is 42.0 Å². The maximum absolute atomic E-state index is 12.6. The number of ether oxygens (including phenoxy) is 1. The van der Waals surface area contributed by atoms with Crippen molar-refractivity contribution in [3.8, 4) is 0 Å². The molecule has 0 radical (unpaired) electrons. The third-order valence-electron chi connectivity index (χ3n) is 3.89. The van der Waals surface area contributed by atoms with E-state index in [1.54, 1.807) is 18.9 Å². The smallest absolute Gasteiger partial charge is 0.307 e. The summed E-state index contributed by atoms with van der Waals surface area (Å²) in [5, 5.41) is 0. The van der Waals surface area contributed by atoms with E-state index in [0.717, 1.165) is 19.3 Å². The number of carbonyl (C=O) groups excluding carboxylic acids is 2. The number of hydrogen-bond donors (Lipinski definition) is 1. The third kappa shape index (κ3) is 3.91. The van der Waals surface area contributed by atoms with Gasteiger partial charge in [-0.2, -0.15) is 0 Å². The van der Waals surface area contributed by atoms with Gasteiger partial charge in [0.25, 0.3) is 0 Å². The van der Waals surface area contributed by atoms with E-state index in [4.69, 9.17) is 22.7 Å². The van der Waals surface area contributed by atoms with E-state index < -0.39 is 5.41 Å². The molecule has 1 saturated carbocycles. The van der Waals surface area contributed by atoms with Crippen molar-refractivity contribution < 1.29 is 14.3 Å². The standard InChI is InChI=1S/C14H24N2O3S/c1-3-19-11(17)7-10-16(2)13(18)14(12(15)20)8-5-4-6-9-14/h3-10H2,1-2H3,(H2,15,20). The third-order valence-corrected chi connectivity index (χ3v) is 4.28. The molecule has 0 aromatic heterocycles. The summed E-state index contributed by atoms with van der Waals surface area (Å²) in [6.45, 7) is 2.45. The summed E-state index contributed by atoms with van der Waals surface area (Å²) in [7, 11) is 1.69. The molecule has 0 aliphatic heterocycles. The number of nitrogens with two attached hydrogens (primary N) is 1. The summed E-state index contributed by atoms with van der Waals surface area (Å²) in [6, 6.07) is 0. The van der Waals surface area contributed by atoms with Crippen LogP contribution in [-0.2, 0) is 14.3 Å². The van der Waals surface area contributed by atoms with Crippen LogP contribution in [0.1, 0.15) is 45.4 Å². The van der Waals surface area contributed by atoms with Gasteiger partial charge in [0, 0.05) is 13.6 Å². The minimum absolute atomic E-state index is 0.0611. The van der Waals surface area contributed by atoms with Crippen molar-refractivity contribution in [1.82, 2.24) is 4.90 Å². The van der Waals surface area contributed by atoms with Crippen LogP contribution in [0.3, 0.4) is 0 Å². The fourth-order valence-electron chi connectivity index (χ4n) is 2.68. The molecule has 0 heterocycles. The van der Waals surface area contributed by atoms with Crippen LogP contribution in [0.2, 0.25) is 0 Å². The summed E-state index contributed by atoms with van der Waals surface area (Å²) in [5.74, 6) is -0.353. The van der Waals surface area contributed by atoms with E-state index in [-0.39, 0.29) is 23.3 Å². The Hall–Kier alpha value is -1.17. The number of thiocarbonyl (C=S) groups is 1. The van der Waals surface area contributed by atoms with E-state index in [2.05, 4.69) is 0 Å². The second-order valence-corrected chi connectivity index (χ2v) is 5.73. The van der Waals surface area contributed by atoms with Crippen molar-refractivity contribution in [3.05, 3.63) is 0 Å². The lowest BCUT2D eigenvalue weighted by Gasteiger charge is -2.37. The van der Waals surface area contributed by atoms with Crippen LogP contribution < -0.4 is 5.73 Å². The lowest BCUT2D eigenvalue weighted by atomic mass is 9.73. The summed E-state index contributed by atoms with van der Waals surface area (Å²) >= 11 is 5.14. The van der Waals surface area contributed by atoms with Gasteiger partial charge in [-0.05, 0) is 19.8 Å². The lowest BCUT2D eigenvalue weighted by molar-refractivity contribution is -0.144. The molecule has 5 nitrogen and oxygen atoms in total. The monoisotopic (exact) mass is 300 g/mol. The molecule has 2 N–H and O–H groups in total. The fourth-order valence-corrected chi connectivity index (χ4v) is 2.97. The first-order valence-corrected chi connectivity index (χ1v) is 7.56. The molecule has 0 spiro atoms. The predicted octanol–water partition coefficient (Wildman–Crippen LogP) is 1.63. The average molecular weight is 300 g/mol. The van der Waals surface area contributed by atoms with Crippen molar-refractivity contribution in [1.29, 1.82) is 0 Å². The van der Waals surface area contributed by atoms with E-state index in [0.29, 0.717) is 26.0 Å². The molecular weight excluding hydrogens is 276 g/mol. The lowest BCUT2D eigenvalue weighted by Crippen LogP contribution is -2.50. The highest BCUT2D eigenvalue weighted by Crippen LogP contribution is 2.38. The van der Waals surface area contributed by atoms with Crippen molar-refractivity contribution in [2.75, 3.05) is 20.2 Å². The average Bonchev–Trinajstić information content (AvgIpc) is 2.44. The number of rotatable bonds is 6. The molecule has 0 aromatic carbocycles. The Kier molecular flexibility index (Phi) is 6.39. The molecule has 1 aliphatic carbocycles. The van der Waals surface area contributed by atoms with Crippen LogP contribution in [0.25, 0.3) is 0 Å². The Balaban J connectivity index is 2.65. The van der Waals surface area contributed by atoms with Gasteiger partial charge >= 0.3 is 5.97 Å². The zero-order chi connectivity index (χ0) is 15.2. The maximum atomic E-state index is 12.6. The zero-order valence-electron chi connectivity index (χ0n) is 12.3. The zero-order valence-corrected chi connectivity index (χ0v) is 13.1. The van der Waals surface area contributed by atoms with E-state index in [9.17, 15) is 9.59 Å². The minimum atomic E-state index is -0.711. The second kappa shape index (κ2) is 7.57. The van der Waals surface area contributed by atoms with Gasteiger partial charge in [-0.3, -0.25) is 9.59 Å². The molecule has 1 amide bonds. The molecule has 0 aromatic rings. The minimum Gasteiger partial charge on any atom is -0.466 e. The molecule has 114 valence electrons. The highest BCUT2D eigenvalue weighted by molar-refractivity contribution is 7.80. The Labute approximate surface area is 125 Å². The van der Waals surface area contributed by atoms with Gasteiger partial charge < -0.3 is 15.4 Å². The largest absolute Gasteiger partial charge is 0.466 e. The molecular formula is C14H24N2O3S. The van der Waals surface area contributed by atoms with Gasteiger partial charge in [-0.15, -0.1) is 0 Å². The van der Waals surface area contributed by atoms with Gasteiger partial charge in [0.1, 0.15) is 0 Å². The highest BCUT2D eigenvalue weighted by Gasteiger charge is 2.43. The molecule has 6 heteroatoms. The van der Waals surface area contributed by atoms with E-state index >= 15 is 0 Å². The molecule has 0 bridgehead atoms. The van der Waals surface area contributed by atoms with Gasteiger partial charge in [0.2, 0.25) is 5.91 Å². The summed E-state index contributed by atoms with van der Waals surface area (Å²) in [4.78, 5) is 25.8. The molecule has 0 atom stereocenters. The Bertz CT molecular complexity index is 379. The summed E-state index contributed by atoms with van der Waals surface area (Å²) in [5.41, 5.74) is 5.13. The quantitative estimate of drug-likeness (QED) is 0.596. The Morgan fingerprint density at radius 3 is 2.40 bits per heavy atom. The molecule has 20 heavy (non-hydrogen) atoms. The topological polar surface area (TPSA) is 72.6 Å². The number of esters is 1. The number of hydrogen-bond acceptors (Lipinski definition) is 4. The molecule has 1 aliphatic rings. The number of carbonyl (C=O) groups is 2. The summed E-state index contributed by atoms with van der Waals surface area (Å²) in [6.07, 6.45) is 4.67. The van der Waals surface area contributed by atoms with Crippen LogP contribution in [0.5, 0.6) is 0 Å². The van der Waals surface area contributed by atoms with Crippen LogP contribution in [0.4, 0.5) is 0 Å². The number of amides is 1. The predicted molar refractivity (Wildman–Crippen MR) is 81.2 cm³/mol. The normalized spacial score (nSPS) is 17.3. The van der Waals surface area contributed by atoms with Crippen molar-refractivity contribution in [3.63, 3.8) is 0 Å². The Morgan fingerprint density at radius 2 is 1.90 bits per heavy atom. The van der Waals surface area contributed by atoms with Gasteiger partial charge in [-0.25, -0.2) is 0 Å². The first-order valence-electron chi connectivity index (χ1n) is 7.15. The molecule has 1 fully saturated rings. The molecule has 1 rings (SSSR count). The van der Waals surface area contributed by atoms with Crippen LogP contribution in [0, 0.1) is 5.41 Å². The van der Waals surface area contributed by atoms with Gasteiger partial charge in [-0.1, -0.05) is 31.5 Å². The second-order valence-electron chi connectivity index (χ2n) is 5.29. The van der Waals surface area contributed by atoms with Gasteiger partial charge in [0.05, 0.1) is 23.4 Å².